The first-order valence-electron chi connectivity index (χ1n) is 6.49. The Kier molecular flexibility index (Phi) is 7.76. The van der Waals surface area contributed by atoms with Gasteiger partial charge in [0.1, 0.15) is 5.82 Å². The van der Waals surface area contributed by atoms with E-state index in [4.69, 9.17) is 5.11 Å². The van der Waals surface area contributed by atoms with E-state index in [0.29, 0.717) is 6.42 Å². The van der Waals surface area contributed by atoms with Gasteiger partial charge in [-0.05, 0) is 25.8 Å². The first kappa shape index (κ1) is 16.4. The van der Waals surface area contributed by atoms with Crippen molar-refractivity contribution in [1.82, 2.24) is 9.97 Å². The van der Waals surface area contributed by atoms with E-state index in [1.807, 2.05) is 32.9 Å². The Balaban J connectivity index is 0.00000137. The van der Waals surface area contributed by atoms with Gasteiger partial charge in [-0.15, -0.1) is 0 Å². The Hall–Kier alpha value is -1.58. The highest BCUT2D eigenvalue weighted by molar-refractivity contribution is 5.69. The molecule has 0 fully saturated rings. The normalized spacial score (nSPS) is 12.1. The van der Waals surface area contributed by atoms with E-state index < -0.39 is 5.97 Å². The van der Waals surface area contributed by atoms with Crippen molar-refractivity contribution in [3.8, 4) is 0 Å². The van der Waals surface area contributed by atoms with E-state index in [2.05, 4.69) is 16.9 Å². The summed E-state index contributed by atoms with van der Waals surface area (Å²) in [5.41, 5.74) is 2.01. The lowest BCUT2D eigenvalue weighted by Crippen LogP contribution is -2.07. The van der Waals surface area contributed by atoms with Gasteiger partial charge < -0.3 is 10.1 Å². The number of allylic oxidation sites excluding steroid dienone is 1. The van der Waals surface area contributed by atoms with Gasteiger partial charge in [-0.2, -0.15) is 0 Å². The van der Waals surface area contributed by atoms with Crippen LogP contribution < -0.4 is 0 Å². The molecule has 0 saturated carbocycles. The molecule has 0 bridgehead atoms. The Bertz CT molecular complexity index is 394. The smallest absolute Gasteiger partial charge is 0.306 e. The second-order valence-corrected chi connectivity index (χ2v) is 3.92. The zero-order valence-corrected chi connectivity index (χ0v) is 11.9. The number of nitrogens with one attached hydrogen (secondary N) is 1. The zero-order valence-electron chi connectivity index (χ0n) is 11.9. The third-order valence-electron chi connectivity index (χ3n) is 2.47. The van der Waals surface area contributed by atoms with Gasteiger partial charge >= 0.3 is 5.97 Å². The summed E-state index contributed by atoms with van der Waals surface area (Å²) >= 11 is 0. The second-order valence-electron chi connectivity index (χ2n) is 3.92. The van der Waals surface area contributed by atoms with Crippen LogP contribution in [0.2, 0.25) is 0 Å². The molecule has 0 aliphatic heterocycles. The Labute approximate surface area is 109 Å². The van der Waals surface area contributed by atoms with Crippen LogP contribution in [0.5, 0.6) is 0 Å². The van der Waals surface area contributed by atoms with Crippen molar-refractivity contribution in [2.75, 3.05) is 0 Å². The van der Waals surface area contributed by atoms with E-state index in [0.717, 1.165) is 23.6 Å². The summed E-state index contributed by atoms with van der Waals surface area (Å²) in [6.45, 7) is 9.67. The van der Waals surface area contributed by atoms with E-state index in [1.54, 1.807) is 6.92 Å². The number of aromatic nitrogens is 2. The molecule has 1 atom stereocenters. The Morgan fingerprint density at radius 1 is 1.50 bits per heavy atom. The molecule has 0 radical (unpaired) electrons. The fourth-order valence-corrected chi connectivity index (χ4v) is 1.45. The molecule has 2 N–H and O–H groups in total. The van der Waals surface area contributed by atoms with Crippen LogP contribution in [0.1, 0.15) is 51.3 Å². The van der Waals surface area contributed by atoms with Gasteiger partial charge in [0, 0.05) is 5.69 Å². The van der Waals surface area contributed by atoms with Crippen LogP contribution in [0.4, 0.5) is 0 Å². The number of imidazole rings is 1. The predicted molar refractivity (Wildman–Crippen MR) is 74.5 cm³/mol. The van der Waals surface area contributed by atoms with Crippen molar-refractivity contribution >= 4 is 12.0 Å². The number of aryl methyl sites for hydroxylation is 2. The summed E-state index contributed by atoms with van der Waals surface area (Å²) in [6.07, 6.45) is 5.19. The number of aliphatic carboxylic acids is 1. The first-order valence-corrected chi connectivity index (χ1v) is 6.49. The second kappa shape index (κ2) is 8.50. The molecule has 102 valence electrons. The van der Waals surface area contributed by atoms with Crippen LogP contribution in [0.15, 0.2) is 6.08 Å². The topological polar surface area (TPSA) is 66.0 Å². The van der Waals surface area contributed by atoms with Crippen molar-refractivity contribution in [1.29, 1.82) is 0 Å². The molecule has 0 aliphatic carbocycles. The van der Waals surface area contributed by atoms with Crippen LogP contribution in [-0.2, 0) is 11.2 Å². The minimum atomic E-state index is -0.765. The number of aromatic amines is 1. The van der Waals surface area contributed by atoms with Crippen LogP contribution in [0.25, 0.3) is 6.08 Å². The average molecular weight is 252 g/mol. The fraction of sp³-hybridized carbons (Fsp3) is 0.571. The number of rotatable bonds is 5. The number of nitrogens with zero attached hydrogens (tertiary/aromatic N) is 1. The zero-order chi connectivity index (χ0) is 14.1. The van der Waals surface area contributed by atoms with Crippen molar-refractivity contribution in [3.05, 3.63) is 23.3 Å². The van der Waals surface area contributed by atoms with E-state index in [-0.39, 0.29) is 5.92 Å². The largest absolute Gasteiger partial charge is 0.481 e. The quantitative estimate of drug-likeness (QED) is 0.843. The van der Waals surface area contributed by atoms with Gasteiger partial charge in [-0.1, -0.05) is 33.8 Å². The number of carboxylic acid groups (broad SMARTS) is 1. The molecule has 1 rings (SSSR count). The third-order valence-corrected chi connectivity index (χ3v) is 2.47. The highest BCUT2D eigenvalue weighted by atomic mass is 16.4. The van der Waals surface area contributed by atoms with Gasteiger partial charge in [-0.3, -0.25) is 4.79 Å². The van der Waals surface area contributed by atoms with Crippen molar-refractivity contribution in [2.24, 2.45) is 5.92 Å². The highest BCUT2D eigenvalue weighted by Gasteiger charge is 2.08. The molecule has 4 heteroatoms. The molecule has 1 heterocycles. The monoisotopic (exact) mass is 252 g/mol. The summed E-state index contributed by atoms with van der Waals surface area (Å²) in [6, 6.07) is 0. The SMILES string of the molecule is CC.CCc1[nH]c(C)nc1/C=C\CC(C)C(=O)O. The number of carbonyl (C=O) groups is 1. The Morgan fingerprint density at radius 3 is 2.61 bits per heavy atom. The molecule has 0 aliphatic rings. The first-order chi connectivity index (χ1) is 8.54. The van der Waals surface area contributed by atoms with Gasteiger partial charge in [0.15, 0.2) is 0 Å². The van der Waals surface area contributed by atoms with Crippen molar-refractivity contribution in [2.45, 2.75) is 47.5 Å². The molecule has 0 spiro atoms. The third kappa shape index (κ3) is 5.17. The molecule has 4 nitrogen and oxygen atoms in total. The summed E-state index contributed by atoms with van der Waals surface area (Å²) in [4.78, 5) is 18.1. The van der Waals surface area contributed by atoms with E-state index in [1.165, 1.54) is 0 Å². The molecular weight excluding hydrogens is 228 g/mol. The number of carboxylic acids is 1. The summed E-state index contributed by atoms with van der Waals surface area (Å²) in [7, 11) is 0. The van der Waals surface area contributed by atoms with Gasteiger partial charge in [0.05, 0.1) is 11.6 Å². The molecular formula is C14H24N2O2. The molecule has 0 aromatic carbocycles. The van der Waals surface area contributed by atoms with Crippen LogP contribution in [-0.4, -0.2) is 21.0 Å². The van der Waals surface area contributed by atoms with Crippen LogP contribution in [0, 0.1) is 12.8 Å². The lowest BCUT2D eigenvalue weighted by molar-refractivity contribution is -0.140. The molecule has 0 saturated heterocycles. The van der Waals surface area contributed by atoms with Crippen molar-refractivity contribution < 1.29 is 9.90 Å². The maximum absolute atomic E-state index is 10.6. The number of hydrogen-bond donors (Lipinski definition) is 2. The standard InChI is InChI=1S/C12H18N2O2.C2H6/c1-4-10-11(14-9(3)13-10)7-5-6-8(2)12(15)16;1-2/h5,7-8H,4,6H2,1-3H3,(H,13,14)(H,15,16);1-2H3/b7-5-;. The predicted octanol–water partition coefficient (Wildman–Crippen LogP) is 3.43. The fourth-order valence-electron chi connectivity index (χ4n) is 1.45. The highest BCUT2D eigenvalue weighted by Crippen LogP contribution is 2.11. The molecule has 0 amide bonds. The minimum Gasteiger partial charge on any atom is -0.481 e. The van der Waals surface area contributed by atoms with E-state index >= 15 is 0 Å². The average Bonchev–Trinajstić information content (AvgIpc) is 2.72. The van der Waals surface area contributed by atoms with Gasteiger partial charge in [0.25, 0.3) is 0 Å². The molecule has 18 heavy (non-hydrogen) atoms. The van der Waals surface area contributed by atoms with Crippen LogP contribution in [0.3, 0.4) is 0 Å². The Morgan fingerprint density at radius 2 is 2.11 bits per heavy atom. The molecule has 1 aromatic heterocycles. The van der Waals surface area contributed by atoms with E-state index in [9.17, 15) is 4.79 Å². The summed E-state index contributed by atoms with van der Waals surface area (Å²) in [5.74, 6) is -0.220. The minimum absolute atomic E-state index is 0.346. The lowest BCUT2D eigenvalue weighted by Gasteiger charge is -1.99. The lowest BCUT2D eigenvalue weighted by atomic mass is 10.1. The van der Waals surface area contributed by atoms with Crippen LogP contribution >= 0.6 is 0 Å². The summed E-state index contributed by atoms with van der Waals surface area (Å²) in [5, 5.41) is 8.73. The van der Waals surface area contributed by atoms with Gasteiger partial charge in [0.2, 0.25) is 0 Å². The molecule has 1 aromatic rings. The summed E-state index contributed by atoms with van der Waals surface area (Å²) < 4.78 is 0. The number of hydrogen-bond acceptors (Lipinski definition) is 2. The molecule has 1 unspecified atom stereocenters. The van der Waals surface area contributed by atoms with Crippen molar-refractivity contribution in [3.63, 3.8) is 0 Å². The maximum atomic E-state index is 10.6. The maximum Gasteiger partial charge on any atom is 0.306 e. The number of H-pyrrole nitrogens is 1. The van der Waals surface area contributed by atoms with Gasteiger partial charge in [-0.25, -0.2) is 4.98 Å².